The van der Waals surface area contributed by atoms with Crippen molar-refractivity contribution >= 4 is 17.5 Å². The number of nitrogens with two attached hydrogens (primary N) is 1. The van der Waals surface area contributed by atoms with Crippen LogP contribution in [0, 0.1) is 11.3 Å². The number of nitriles is 1. The number of rotatable bonds is 3. The molecule has 0 saturated heterocycles. The molecule has 0 aromatic carbocycles. The van der Waals surface area contributed by atoms with Gasteiger partial charge in [-0.3, -0.25) is 4.79 Å². The molecule has 3 N–H and O–H groups in total. The van der Waals surface area contributed by atoms with Crippen molar-refractivity contribution in [3.05, 3.63) is 17.8 Å². The first-order chi connectivity index (χ1) is 7.04. The Morgan fingerprint density at radius 1 is 1.80 bits per heavy atom. The monoisotopic (exact) mass is 206 g/mol. The first-order valence-corrected chi connectivity index (χ1v) is 4.13. The molecule has 0 fully saturated rings. The SMILES string of the molecule is CN(CC(=O)O)c1ncc(N)cc1C#N. The average molecular weight is 206 g/mol. The lowest BCUT2D eigenvalue weighted by Gasteiger charge is -2.16. The van der Waals surface area contributed by atoms with Gasteiger partial charge in [0.25, 0.3) is 0 Å². The minimum Gasteiger partial charge on any atom is -0.480 e. The third kappa shape index (κ3) is 2.57. The summed E-state index contributed by atoms with van der Waals surface area (Å²) in [5.74, 6) is -0.672. The van der Waals surface area contributed by atoms with E-state index in [-0.39, 0.29) is 12.1 Å². The molecule has 0 amide bonds. The second-order valence-electron chi connectivity index (χ2n) is 3.00. The topological polar surface area (TPSA) is 103 Å². The second kappa shape index (κ2) is 4.28. The number of nitrogen functional groups attached to an aromatic ring is 1. The van der Waals surface area contributed by atoms with Gasteiger partial charge in [-0.15, -0.1) is 0 Å². The molecular weight excluding hydrogens is 196 g/mol. The number of aromatic nitrogens is 1. The van der Waals surface area contributed by atoms with Crippen LogP contribution in [-0.4, -0.2) is 29.7 Å². The van der Waals surface area contributed by atoms with Gasteiger partial charge in [0.1, 0.15) is 18.4 Å². The molecule has 0 radical (unpaired) electrons. The summed E-state index contributed by atoms with van der Waals surface area (Å²) in [6.45, 7) is -0.217. The molecule has 78 valence electrons. The minimum absolute atomic E-state index is 0.217. The molecule has 1 heterocycles. The molecule has 0 aliphatic heterocycles. The Morgan fingerprint density at radius 3 is 3.00 bits per heavy atom. The van der Waals surface area contributed by atoms with Crippen molar-refractivity contribution in [2.24, 2.45) is 0 Å². The van der Waals surface area contributed by atoms with Crippen molar-refractivity contribution < 1.29 is 9.90 Å². The summed E-state index contributed by atoms with van der Waals surface area (Å²) >= 11 is 0. The Hall–Kier alpha value is -2.29. The molecule has 0 aliphatic rings. The van der Waals surface area contributed by atoms with Gasteiger partial charge in [-0.05, 0) is 6.07 Å². The van der Waals surface area contributed by atoms with Gasteiger partial charge in [-0.25, -0.2) is 4.98 Å². The molecule has 0 spiro atoms. The first kappa shape index (κ1) is 10.8. The predicted molar refractivity (Wildman–Crippen MR) is 54.3 cm³/mol. The maximum Gasteiger partial charge on any atom is 0.323 e. The largest absolute Gasteiger partial charge is 0.480 e. The van der Waals surface area contributed by atoms with E-state index in [0.717, 1.165) is 0 Å². The number of carboxylic acid groups (broad SMARTS) is 1. The molecular formula is C9H10N4O2. The fourth-order valence-electron chi connectivity index (χ4n) is 1.14. The lowest BCUT2D eigenvalue weighted by molar-refractivity contribution is -0.135. The number of nitrogens with zero attached hydrogens (tertiary/aromatic N) is 3. The van der Waals surface area contributed by atoms with Gasteiger partial charge in [0.2, 0.25) is 0 Å². The number of aliphatic carboxylic acids is 1. The van der Waals surface area contributed by atoms with E-state index in [1.54, 1.807) is 7.05 Å². The van der Waals surface area contributed by atoms with E-state index < -0.39 is 5.97 Å². The third-order valence-corrected chi connectivity index (χ3v) is 1.74. The summed E-state index contributed by atoms with van der Waals surface area (Å²) in [4.78, 5) is 15.8. The van der Waals surface area contributed by atoms with Crippen molar-refractivity contribution in [1.82, 2.24) is 4.98 Å². The van der Waals surface area contributed by atoms with Crippen LogP contribution in [0.4, 0.5) is 11.5 Å². The van der Waals surface area contributed by atoms with E-state index in [1.807, 2.05) is 6.07 Å². The Kier molecular flexibility index (Phi) is 3.08. The van der Waals surface area contributed by atoms with Crippen LogP contribution in [0.3, 0.4) is 0 Å². The highest BCUT2D eigenvalue weighted by Crippen LogP contribution is 2.17. The lowest BCUT2D eigenvalue weighted by Crippen LogP contribution is -2.26. The molecule has 6 nitrogen and oxygen atoms in total. The third-order valence-electron chi connectivity index (χ3n) is 1.74. The molecule has 0 bridgehead atoms. The predicted octanol–water partition coefficient (Wildman–Crippen LogP) is 0.0563. The van der Waals surface area contributed by atoms with Crippen molar-refractivity contribution in [1.29, 1.82) is 5.26 Å². The van der Waals surface area contributed by atoms with Crippen LogP contribution < -0.4 is 10.6 Å². The van der Waals surface area contributed by atoms with Gasteiger partial charge in [0.15, 0.2) is 0 Å². The number of anilines is 2. The summed E-state index contributed by atoms with van der Waals surface area (Å²) in [6.07, 6.45) is 1.38. The van der Waals surface area contributed by atoms with Gasteiger partial charge in [-0.1, -0.05) is 0 Å². The zero-order valence-corrected chi connectivity index (χ0v) is 8.14. The van der Waals surface area contributed by atoms with Gasteiger partial charge >= 0.3 is 5.97 Å². The Morgan fingerprint density at radius 2 is 2.47 bits per heavy atom. The molecule has 15 heavy (non-hydrogen) atoms. The Bertz CT molecular complexity index is 425. The van der Waals surface area contributed by atoms with Crippen LogP contribution in [0.25, 0.3) is 0 Å². The fourth-order valence-corrected chi connectivity index (χ4v) is 1.14. The number of carboxylic acids is 1. The Labute approximate surface area is 86.6 Å². The van der Waals surface area contributed by atoms with E-state index >= 15 is 0 Å². The number of likely N-dealkylation sites (N-methyl/N-ethyl adjacent to an activating group) is 1. The summed E-state index contributed by atoms with van der Waals surface area (Å²) < 4.78 is 0. The highest BCUT2D eigenvalue weighted by molar-refractivity contribution is 5.74. The van der Waals surface area contributed by atoms with Crippen LogP contribution >= 0.6 is 0 Å². The Balaban J connectivity index is 3.04. The number of hydrogen-bond donors (Lipinski definition) is 2. The van der Waals surface area contributed by atoms with E-state index in [4.69, 9.17) is 16.1 Å². The van der Waals surface area contributed by atoms with E-state index in [0.29, 0.717) is 11.5 Å². The standard InChI is InChI=1S/C9H10N4O2/c1-13(5-8(14)15)9-6(3-10)2-7(11)4-12-9/h2,4H,5,11H2,1H3,(H,14,15). The van der Waals surface area contributed by atoms with Gasteiger partial charge < -0.3 is 15.7 Å². The number of carbonyl (C=O) groups is 1. The number of pyridine rings is 1. The molecule has 1 rings (SSSR count). The first-order valence-electron chi connectivity index (χ1n) is 4.13. The molecule has 0 saturated carbocycles. The van der Waals surface area contributed by atoms with Crippen LogP contribution in [0.1, 0.15) is 5.56 Å². The zero-order chi connectivity index (χ0) is 11.4. The molecule has 1 aromatic rings. The van der Waals surface area contributed by atoms with Gasteiger partial charge in [-0.2, -0.15) is 5.26 Å². The molecule has 0 aliphatic carbocycles. The van der Waals surface area contributed by atoms with Crippen molar-refractivity contribution in [2.45, 2.75) is 0 Å². The highest BCUT2D eigenvalue weighted by atomic mass is 16.4. The average Bonchev–Trinajstić information content (AvgIpc) is 2.16. The van der Waals surface area contributed by atoms with Gasteiger partial charge in [0, 0.05) is 7.05 Å². The maximum atomic E-state index is 10.5. The fraction of sp³-hybridized carbons (Fsp3) is 0.222. The smallest absolute Gasteiger partial charge is 0.323 e. The minimum atomic E-state index is -0.986. The van der Waals surface area contributed by atoms with Crippen LogP contribution in [0.5, 0.6) is 0 Å². The van der Waals surface area contributed by atoms with Crippen molar-refractivity contribution in [3.63, 3.8) is 0 Å². The maximum absolute atomic E-state index is 10.5. The molecule has 1 aromatic heterocycles. The van der Waals surface area contributed by atoms with Crippen molar-refractivity contribution in [2.75, 3.05) is 24.2 Å². The van der Waals surface area contributed by atoms with Crippen molar-refractivity contribution in [3.8, 4) is 6.07 Å². The molecule has 0 unspecified atom stereocenters. The molecule has 6 heteroatoms. The lowest BCUT2D eigenvalue weighted by atomic mass is 10.2. The summed E-state index contributed by atoms with van der Waals surface area (Å²) in [6, 6.07) is 3.37. The van der Waals surface area contributed by atoms with E-state index in [9.17, 15) is 4.79 Å². The number of hydrogen-bond acceptors (Lipinski definition) is 5. The van der Waals surface area contributed by atoms with E-state index in [2.05, 4.69) is 4.98 Å². The summed E-state index contributed by atoms with van der Waals surface area (Å²) in [5.41, 5.74) is 6.09. The van der Waals surface area contributed by atoms with E-state index in [1.165, 1.54) is 17.2 Å². The normalized spacial score (nSPS) is 9.33. The second-order valence-corrected chi connectivity index (χ2v) is 3.00. The summed E-state index contributed by atoms with van der Waals surface area (Å²) in [5, 5.41) is 17.4. The van der Waals surface area contributed by atoms with Crippen LogP contribution in [0.15, 0.2) is 12.3 Å². The summed E-state index contributed by atoms with van der Waals surface area (Å²) in [7, 11) is 1.55. The highest BCUT2D eigenvalue weighted by Gasteiger charge is 2.11. The molecule has 0 atom stereocenters. The van der Waals surface area contributed by atoms with Gasteiger partial charge in [0.05, 0.1) is 17.4 Å². The van der Waals surface area contributed by atoms with Crippen LogP contribution in [0.2, 0.25) is 0 Å². The quantitative estimate of drug-likeness (QED) is 0.724. The van der Waals surface area contributed by atoms with Crippen LogP contribution in [-0.2, 0) is 4.79 Å². The zero-order valence-electron chi connectivity index (χ0n) is 8.14.